The van der Waals surface area contributed by atoms with Crippen molar-refractivity contribution in [2.75, 3.05) is 13.1 Å². The van der Waals surface area contributed by atoms with Gasteiger partial charge in [-0.15, -0.1) is 0 Å². The Balaban J connectivity index is 1.85. The van der Waals surface area contributed by atoms with Crippen molar-refractivity contribution < 1.29 is 14.7 Å². The van der Waals surface area contributed by atoms with E-state index in [9.17, 15) is 14.7 Å². The fourth-order valence-electron chi connectivity index (χ4n) is 3.26. The van der Waals surface area contributed by atoms with Crippen molar-refractivity contribution >= 4 is 11.9 Å². The molecule has 1 aromatic heterocycles. The Morgan fingerprint density at radius 1 is 1.29 bits per heavy atom. The van der Waals surface area contributed by atoms with Crippen LogP contribution >= 0.6 is 0 Å². The third-order valence-electron chi connectivity index (χ3n) is 4.51. The van der Waals surface area contributed by atoms with Crippen LogP contribution < -0.4 is 0 Å². The highest BCUT2D eigenvalue weighted by atomic mass is 16.4. The molecule has 5 heteroatoms. The number of carboxylic acids is 1. The fourth-order valence-corrected chi connectivity index (χ4v) is 3.26. The molecule has 0 bridgehead atoms. The number of hydrogen-bond donors (Lipinski definition) is 1. The first-order chi connectivity index (χ1) is 11.5. The van der Waals surface area contributed by atoms with Crippen LogP contribution in [0.2, 0.25) is 0 Å². The second-order valence-corrected chi connectivity index (χ2v) is 6.22. The smallest absolute Gasteiger partial charge is 0.335 e. The van der Waals surface area contributed by atoms with Gasteiger partial charge in [0.1, 0.15) is 0 Å². The van der Waals surface area contributed by atoms with Crippen LogP contribution in [0, 0.1) is 5.92 Å². The molecule has 24 heavy (non-hydrogen) atoms. The Bertz CT molecular complexity index is 773. The quantitative estimate of drug-likeness (QED) is 0.939. The van der Waals surface area contributed by atoms with E-state index in [2.05, 4.69) is 4.98 Å². The van der Waals surface area contributed by atoms with Crippen LogP contribution in [0.3, 0.4) is 0 Å². The van der Waals surface area contributed by atoms with Crippen LogP contribution in [0.4, 0.5) is 0 Å². The van der Waals surface area contributed by atoms with E-state index in [0.29, 0.717) is 5.92 Å². The fraction of sp³-hybridized carbons (Fsp3) is 0.316. The second-order valence-electron chi connectivity index (χ2n) is 6.22. The number of benzene rings is 1. The van der Waals surface area contributed by atoms with Gasteiger partial charge in [0, 0.05) is 31.8 Å². The molecule has 0 aliphatic carbocycles. The first kappa shape index (κ1) is 16.2. The van der Waals surface area contributed by atoms with Gasteiger partial charge in [-0.2, -0.15) is 0 Å². The van der Waals surface area contributed by atoms with Gasteiger partial charge in [0.2, 0.25) is 5.91 Å². The molecule has 1 aliphatic rings. The minimum atomic E-state index is -0.942. The molecule has 0 radical (unpaired) electrons. The molecule has 2 aromatic rings. The lowest BCUT2D eigenvalue weighted by atomic mass is 9.94. The standard InChI is InChI=1S/C19H20N2O3/c1-13(22)21-9-7-14(12-21)10-15-6-3-8-20-18(15)16-4-2-5-17(11-16)19(23)24/h2-6,8,11,14H,7,9-10,12H2,1H3,(H,23,24). The number of aromatic carboxylic acids is 1. The van der Waals surface area contributed by atoms with Crippen molar-refractivity contribution in [1.29, 1.82) is 0 Å². The predicted molar refractivity (Wildman–Crippen MR) is 90.7 cm³/mol. The minimum Gasteiger partial charge on any atom is -0.478 e. The number of amides is 1. The highest BCUT2D eigenvalue weighted by Crippen LogP contribution is 2.27. The molecule has 1 fully saturated rings. The maximum Gasteiger partial charge on any atom is 0.335 e. The van der Waals surface area contributed by atoms with Crippen LogP contribution in [-0.2, 0) is 11.2 Å². The Labute approximate surface area is 140 Å². The maximum absolute atomic E-state index is 11.5. The Kier molecular flexibility index (Phi) is 4.60. The summed E-state index contributed by atoms with van der Waals surface area (Å²) in [5, 5.41) is 9.18. The maximum atomic E-state index is 11.5. The molecule has 124 valence electrons. The Hall–Kier alpha value is -2.69. The van der Waals surface area contributed by atoms with E-state index in [0.717, 1.165) is 42.8 Å². The summed E-state index contributed by atoms with van der Waals surface area (Å²) >= 11 is 0. The molecule has 0 saturated carbocycles. The van der Waals surface area contributed by atoms with Crippen molar-refractivity contribution in [3.8, 4) is 11.3 Å². The lowest BCUT2D eigenvalue weighted by Gasteiger charge is -2.15. The molecule has 2 heterocycles. The SMILES string of the molecule is CC(=O)N1CCC(Cc2cccnc2-c2cccc(C(=O)O)c2)C1. The molecule has 3 rings (SSSR count). The van der Waals surface area contributed by atoms with Gasteiger partial charge in [0.15, 0.2) is 0 Å². The van der Waals surface area contributed by atoms with E-state index in [4.69, 9.17) is 0 Å². The van der Waals surface area contributed by atoms with E-state index in [1.807, 2.05) is 23.1 Å². The molecule has 1 aromatic carbocycles. The average molecular weight is 324 g/mol. The summed E-state index contributed by atoms with van der Waals surface area (Å²) in [7, 11) is 0. The van der Waals surface area contributed by atoms with Crippen LogP contribution in [0.25, 0.3) is 11.3 Å². The third kappa shape index (κ3) is 3.45. The zero-order valence-corrected chi connectivity index (χ0v) is 13.6. The highest BCUT2D eigenvalue weighted by molar-refractivity contribution is 5.89. The molecular formula is C19H20N2O3. The minimum absolute atomic E-state index is 0.123. The molecule has 1 aliphatic heterocycles. The van der Waals surface area contributed by atoms with Gasteiger partial charge in [-0.25, -0.2) is 4.79 Å². The lowest BCUT2D eigenvalue weighted by molar-refractivity contribution is -0.127. The number of aromatic nitrogens is 1. The molecule has 1 N–H and O–H groups in total. The zero-order valence-electron chi connectivity index (χ0n) is 13.6. The molecular weight excluding hydrogens is 304 g/mol. The lowest BCUT2D eigenvalue weighted by Crippen LogP contribution is -2.26. The molecule has 0 spiro atoms. The number of rotatable bonds is 4. The van der Waals surface area contributed by atoms with Gasteiger partial charge in [-0.1, -0.05) is 18.2 Å². The van der Waals surface area contributed by atoms with Crippen molar-refractivity contribution in [3.63, 3.8) is 0 Å². The van der Waals surface area contributed by atoms with E-state index in [1.54, 1.807) is 31.3 Å². The first-order valence-electron chi connectivity index (χ1n) is 8.07. The summed E-state index contributed by atoms with van der Waals surface area (Å²) in [4.78, 5) is 29.0. The summed E-state index contributed by atoms with van der Waals surface area (Å²) in [5.74, 6) is -0.403. The highest BCUT2D eigenvalue weighted by Gasteiger charge is 2.25. The van der Waals surface area contributed by atoms with Gasteiger partial charge in [0.05, 0.1) is 11.3 Å². The van der Waals surface area contributed by atoms with Gasteiger partial charge in [0.25, 0.3) is 0 Å². The van der Waals surface area contributed by atoms with E-state index < -0.39 is 5.97 Å². The molecule has 5 nitrogen and oxygen atoms in total. The van der Waals surface area contributed by atoms with Gasteiger partial charge in [-0.3, -0.25) is 9.78 Å². The summed E-state index contributed by atoms with van der Waals surface area (Å²) in [5.41, 5.74) is 2.98. The molecule has 1 atom stereocenters. The first-order valence-corrected chi connectivity index (χ1v) is 8.07. The Morgan fingerprint density at radius 2 is 2.12 bits per heavy atom. The molecule has 1 saturated heterocycles. The van der Waals surface area contributed by atoms with E-state index in [1.165, 1.54) is 0 Å². The number of likely N-dealkylation sites (tertiary alicyclic amines) is 1. The number of hydrogen-bond acceptors (Lipinski definition) is 3. The topological polar surface area (TPSA) is 70.5 Å². The molecule has 1 unspecified atom stereocenters. The summed E-state index contributed by atoms with van der Waals surface area (Å²) in [6.07, 6.45) is 3.55. The third-order valence-corrected chi connectivity index (χ3v) is 4.51. The Morgan fingerprint density at radius 3 is 2.83 bits per heavy atom. The number of pyridine rings is 1. The predicted octanol–water partition coefficient (Wildman–Crippen LogP) is 2.86. The van der Waals surface area contributed by atoms with Crippen LogP contribution in [0.5, 0.6) is 0 Å². The summed E-state index contributed by atoms with van der Waals surface area (Å²) in [6.45, 7) is 3.19. The van der Waals surface area contributed by atoms with Crippen LogP contribution in [0.1, 0.15) is 29.3 Å². The second kappa shape index (κ2) is 6.83. The van der Waals surface area contributed by atoms with Crippen LogP contribution in [-0.4, -0.2) is 40.0 Å². The van der Waals surface area contributed by atoms with Gasteiger partial charge >= 0.3 is 5.97 Å². The number of carbonyl (C=O) groups excluding carboxylic acids is 1. The number of carbonyl (C=O) groups is 2. The monoisotopic (exact) mass is 324 g/mol. The van der Waals surface area contributed by atoms with Crippen molar-refractivity contribution in [2.24, 2.45) is 5.92 Å². The summed E-state index contributed by atoms with van der Waals surface area (Å²) < 4.78 is 0. The van der Waals surface area contributed by atoms with Gasteiger partial charge in [-0.05, 0) is 42.5 Å². The van der Waals surface area contributed by atoms with Crippen molar-refractivity contribution in [1.82, 2.24) is 9.88 Å². The number of carboxylic acid groups (broad SMARTS) is 1. The number of nitrogens with zero attached hydrogens (tertiary/aromatic N) is 2. The largest absolute Gasteiger partial charge is 0.478 e. The van der Waals surface area contributed by atoms with Crippen molar-refractivity contribution in [3.05, 3.63) is 53.7 Å². The van der Waals surface area contributed by atoms with E-state index >= 15 is 0 Å². The average Bonchev–Trinajstić information content (AvgIpc) is 3.04. The van der Waals surface area contributed by atoms with Gasteiger partial charge < -0.3 is 10.0 Å². The van der Waals surface area contributed by atoms with E-state index in [-0.39, 0.29) is 11.5 Å². The molecule has 1 amide bonds. The van der Waals surface area contributed by atoms with Crippen LogP contribution in [0.15, 0.2) is 42.6 Å². The normalized spacial score (nSPS) is 17.0. The zero-order chi connectivity index (χ0) is 17.1. The van der Waals surface area contributed by atoms with Crippen molar-refractivity contribution in [2.45, 2.75) is 19.8 Å². The summed E-state index contributed by atoms with van der Waals surface area (Å²) in [6, 6.07) is 10.8.